The third-order valence-electron chi connectivity index (χ3n) is 5.14. The molecule has 0 aliphatic rings. The van der Waals surface area contributed by atoms with E-state index in [2.05, 4.69) is 91.4 Å². The largest absolute Gasteiger partial charge is 0.244 e. The lowest BCUT2D eigenvalue weighted by molar-refractivity contribution is -0.687. The summed E-state index contributed by atoms with van der Waals surface area (Å²) in [6.45, 7) is 16.9. The first-order valence-corrected chi connectivity index (χ1v) is 18.1. The molecule has 0 N–H and O–H groups in total. The number of imidazole rings is 1. The second kappa shape index (κ2) is 9.88. The van der Waals surface area contributed by atoms with Crippen LogP contribution in [0.25, 0.3) is 0 Å². The molecule has 0 bridgehead atoms. The molecule has 1 heterocycles. The molecule has 0 fully saturated rings. The van der Waals surface area contributed by atoms with Crippen LogP contribution in [-0.2, 0) is 19.5 Å². The van der Waals surface area contributed by atoms with Gasteiger partial charge in [-0.25, -0.2) is 9.13 Å². The lowest BCUT2D eigenvalue weighted by atomic mass is 10.1. The monoisotopic (exact) mass is 401 g/mol. The summed E-state index contributed by atoms with van der Waals surface area (Å²) in [6, 6.07) is 12.1. The molecule has 0 unspecified atom stereocenters. The van der Waals surface area contributed by atoms with E-state index in [4.69, 9.17) is 0 Å². The Morgan fingerprint density at radius 2 is 1.41 bits per heavy atom. The summed E-state index contributed by atoms with van der Waals surface area (Å²) >= 11 is 0. The first kappa shape index (κ1) is 22.2. The van der Waals surface area contributed by atoms with Crippen LogP contribution >= 0.6 is 0 Å². The standard InChI is InChI=1S/C23H41N2Si2/c1-26(2,3)18-9-7-8-15-24-16-17-25(21-24)20-23-12-10-22(11-13-23)14-19-27(4,5)6/h10-13,16-17,21H,7-9,14-15,18-20H2,1-6H3/q+1. The lowest BCUT2D eigenvalue weighted by Crippen LogP contribution is -2.31. The normalized spacial score (nSPS) is 12.5. The van der Waals surface area contributed by atoms with Crippen LogP contribution in [0.2, 0.25) is 51.4 Å². The number of aromatic nitrogens is 2. The quantitative estimate of drug-likeness (QED) is 0.240. The third kappa shape index (κ3) is 9.56. The van der Waals surface area contributed by atoms with E-state index in [9.17, 15) is 0 Å². The topological polar surface area (TPSA) is 8.81 Å². The van der Waals surface area contributed by atoms with Crippen LogP contribution in [0.5, 0.6) is 0 Å². The zero-order chi connectivity index (χ0) is 19.9. The minimum Gasteiger partial charge on any atom is -0.237 e. The van der Waals surface area contributed by atoms with Crippen LogP contribution in [0.3, 0.4) is 0 Å². The van der Waals surface area contributed by atoms with Crippen LogP contribution in [0.15, 0.2) is 43.0 Å². The molecule has 27 heavy (non-hydrogen) atoms. The van der Waals surface area contributed by atoms with Crippen molar-refractivity contribution in [3.05, 3.63) is 54.1 Å². The minimum atomic E-state index is -0.943. The Morgan fingerprint density at radius 3 is 2.04 bits per heavy atom. The molecule has 2 nitrogen and oxygen atoms in total. The van der Waals surface area contributed by atoms with E-state index in [1.165, 1.54) is 48.9 Å². The summed E-state index contributed by atoms with van der Waals surface area (Å²) in [5, 5.41) is 0. The molecule has 1 aromatic heterocycles. The van der Waals surface area contributed by atoms with Gasteiger partial charge in [-0.3, -0.25) is 0 Å². The summed E-state index contributed by atoms with van der Waals surface area (Å²) in [7, 11) is -1.80. The van der Waals surface area contributed by atoms with Gasteiger partial charge in [-0.1, -0.05) is 82.1 Å². The number of aryl methyl sites for hydroxylation is 2. The Hall–Kier alpha value is -1.14. The van der Waals surface area contributed by atoms with Crippen LogP contribution in [0.4, 0.5) is 0 Å². The molecule has 1 aromatic carbocycles. The zero-order valence-corrected chi connectivity index (χ0v) is 20.6. The highest BCUT2D eigenvalue weighted by atomic mass is 28.3. The Labute approximate surface area is 169 Å². The summed E-state index contributed by atoms with van der Waals surface area (Å²) in [4.78, 5) is 0. The highest BCUT2D eigenvalue weighted by molar-refractivity contribution is 6.76. The smallest absolute Gasteiger partial charge is 0.237 e. The van der Waals surface area contributed by atoms with E-state index >= 15 is 0 Å². The molecule has 0 spiro atoms. The van der Waals surface area contributed by atoms with E-state index in [0.717, 1.165) is 13.1 Å². The molecule has 0 saturated carbocycles. The molecule has 2 aromatic rings. The lowest BCUT2D eigenvalue weighted by Gasteiger charge is -2.15. The highest BCUT2D eigenvalue weighted by Gasteiger charge is 2.13. The molecule has 4 heteroatoms. The summed E-state index contributed by atoms with van der Waals surface area (Å²) in [6.07, 6.45) is 12.0. The van der Waals surface area contributed by atoms with Gasteiger partial charge in [0.25, 0.3) is 0 Å². The third-order valence-corrected chi connectivity index (χ3v) is 8.74. The zero-order valence-electron chi connectivity index (χ0n) is 18.6. The van der Waals surface area contributed by atoms with Crippen LogP contribution in [0.1, 0.15) is 30.4 Å². The second-order valence-corrected chi connectivity index (χ2v) is 21.8. The molecule has 0 radical (unpaired) electrons. The maximum absolute atomic E-state index is 2.47. The molecular formula is C23H41N2Si2+. The molecule has 0 atom stereocenters. The summed E-state index contributed by atoms with van der Waals surface area (Å²) in [5.74, 6) is 0. The van der Waals surface area contributed by atoms with Crippen molar-refractivity contribution in [1.29, 1.82) is 0 Å². The molecule has 0 aliphatic carbocycles. The fourth-order valence-electron chi connectivity index (χ4n) is 3.33. The van der Waals surface area contributed by atoms with Crippen LogP contribution in [0, 0.1) is 0 Å². The van der Waals surface area contributed by atoms with Gasteiger partial charge in [0.2, 0.25) is 6.33 Å². The number of hydrogen-bond donors (Lipinski definition) is 0. The van der Waals surface area contributed by atoms with Gasteiger partial charge < -0.3 is 0 Å². The van der Waals surface area contributed by atoms with E-state index in [1.54, 1.807) is 0 Å². The van der Waals surface area contributed by atoms with Gasteiger partial charge in [0.15, 0.2) is 0 Å². The van der Waals surface area contributed by atoms with Crippen molar-refractivity contribution in [2.45, 2.75) is 90.1 Å². The van der Waals surface area contributed by atoms with Gasteiger partial charge in [-0.05, 0) is 30.4 Å². The average molecular weight is 402 g/mol. The van der Waals surface area contributed by atoms with Gasteiger partial charge in [-0.15, -0.1) is 0 Å². The average Bonchev–Trinajstić information content (AvgIpc) is 2.99. The molecule has 0 amide bonds. The Morgan fingerprint density at radius 1 is 0.778 bits per heavy atom. The molecule has 0 aliphatic heterocycles. The summed E-state index contributed by atoms with van der Waals surface area (Å²) < 4.78 is 4.65. The van der Waals surface area contributed by atoms with Gasteiger partial charge in [0, 0.05) is 16.1 Å². The Balaban J connectivity index is 1.75. The molecule has 150 valence electrons. The fraction of sp³-hybridized carbons (Fsp3) is 0.609. The molecule has 2 rings (SSSR count). The van der Waals surface area contributed by atoms with Crippen molar-refractivity contribution in [2.75, 3.05) is 0 Å². The maximum atomic E-state index is 2.47. The van der Waals surface area contributed by atoms with Crippen molar-refractivity contribution in [1.82, 2.24) is 4.57 Å². The first-order valence-electron chi connectivity index (χ1n) is 10.7. The maximum Gasteiger partial charge on any atom is 0.244 e. The second-order valence-electron chi connectivity index (χ2n) is 10.6. The predicted octanol–water partition coefficient (Wildman–Crippen LogP) is 6.21. The predicted molar refractivity (Wildman–Crippen MR) is 124 cm³/mol. The SMILES string of the molecule is C[Si](C)(C)CCCCCn1cc[n+](Cc2ccc(CC[Si](C)(C)C)cc2)c1. The fourth-order valence-corrected chi connectivity index (χ4v) is 5.68. The number of rotatable bonds is 11. The number of benzene rings is 1. The van der Waals surface area contributed by atoms with Crippen molar-refractivity contribution in [3.63, 3.8) is 0 Å². The Bertz CT molecular complexity index is 676. The number of hydrogen-bond acceptors (Lipinski definition) is 0. The number of unbranched alkanes of at least 4 members (excludes halogenated alkanes) is 2. The van der Waals surface area contributed by atoms with E-state index in [0.29, 0.717) is 0 Å². The highest BCUT2D eigenvalue weighted by Crippen LogP contribution is 2.15. The van der Waals surface area contributed by atoms with E-state index in [-0.39, 0.29) is 0 Å². The van der Waals surface area contributed by atoms with E-state index < -0.39 is 16.1 Å². The van der Waals surface area contributed by atoms with Crippen molar-refractivity contribution >= 4 is 16.1 Å². The molecule has 0 saturated heterocycles. The van der Waals surface area contributed by atoms with Gasteiger partial charge >= 0.3 is 0 Å². The summed E-state index contributed by atoms with van der Waals surface area (Å²) in [5.41, 5.74) is 2.88. The minimum absolute atomic E-state index is 0.854. The van der Waals surface area contributed by atoms with Crippen molar-refractivity contribution in [2.24, 2.45) is 0 Å². The molecular weight excluding hydrogens is 360 g/mol. The van der Waals surface area contributed by atoms with Gasteiger partial charge in [0.05, 0.1) is 6.54 Å². The van der Waals surface area contributed by atoms with Crippen molar-refractivity contribution in [3.8, 4) is 0 Å². The van der Waals surface area contributed by atoms with Gasteiger partial charge in [0.1, 0.15) is 18.9 Å². The number of nitrogens with zero attached hydrogens (tertiary/aromatic N) is 2. The van der Waals surface area contributed by atoms with E-state index in [1.807, 2.05) is 0 Å². The van der Waals surface area contributed by atoms with Gasteiger partial charge in [-0.2, -0.15) is 0 Å². The van der Waals surface area contributed by atoms with Crippen molar-refractivity contribution < 1.29 is 4.57 Å². The first-order chi connectivity index (χ1) is 12.6. The van der Waals surface area contributed by atoms with Crippen LogP contribution < -0.4 is 4.57 Å². The Kier molecular flexibility index (Phi) is 8.10. The van der Waals surface area contributed by atoms with Crippen LogP contribution in [-0.4, -0.2) is 20.7 Å².